The van der Waals surface area contributed by atoms with E-state index >= 15 is 0 Å². The van der Waals surface area contributed by atoms with Gasteiger partial charge in [-0.2, -0.15) is 0 Å². The number of sulfonamides is 1. The molecule has 8 heteroatoms. The maximum Gasteiger partial charge on any atom is 0.240 e. The van der Waals surface area contributed by atoms with E-state index in [2.05, 4.69) is 19.6 Å². The van der Waals surface area contributed by atoms with Crippen LogP contribution < -0.4 is 9.62 Å². The number of aromatic nitrogens is 2. The van der Waals surface area contributed by atoms with Crippen LogP contribution in [0.5, 0.6) is 0 Å². The third-order valence-electron chi connectivity index (χ3n) is 4.48. The number of nitrogens with zero attached hydrogens (tertiary/aromatic N) is 3. The number of hydrogen-bond acceptors (Lipinski definition) is 5. The molecule has 0 aliphatic carbocycles. The van der Waals surface area contributed by atoms with Crippen LogP contribution >= 0.6 is 0 Å². The number of halogens is 1. The molecule has 1 fully saturated rings. The van der Waals surface area contributed by atoms with Crippen molar-refractivity contribution >= 4 is 15.8 Å². The predicted octanol–water partition coefficient (Wildman–Crippen LogP) is 2.12. The van der Waals surface area contributed by atoms with E-state index in [-0.39, 0.29) is 10.8 Å². The quantitative estimate of drug-likeness (QED) is 0.880. The van der Waals surface area contributed by atoms with E-state index in [1.165, 1.54) is 18.2 Å². The van der Waals surface area contributed by atoms with Crippen molar-refractivity contribution in [1.29, 1.82) is 0 Å². The van der Waals surface area contributed by atoms with Crippen molar-refractivity contribution < 1.29 is 12.8 Å². The number of aryl methyl sites for hydroxylation is 1. The first-order valence-corrected chi connectivity index (χ1v) is 9.71. The van der Waals surface area contributed by atoms with Gasteiger partial charge >= 0.3 is 0 Å². The minimum atomic E-state index is -3.63. The van der Waals surface area contributed by atoms with Gasteiger partial charge in [-0.05, 0) is 49.4 Å². The highest BCUT2D eigenvalue weighted by atomic mass is 32.2. The predicted molar refractivity (Wildman–Crippen MR) is 93.3 cm³/mol. The molecule has 6 nitrogen and oxygen atoms in total. The van der Waals surface area contributed by atoms with Gasteiger partial charge in [0.1, 0.15) is 11.6 Å². The number of anilines is 1. The molecule has 1 saturated heterocycles. The van der Waals surface area contributed by atoms with Gasteiger partial charge in [-0.15, -0.1) is 0 Å². The van der Waals surface area contributed by atoms with Crippen LogP contribution in [0.25, 0.3) is 0 Å². The highest BCUT2D eigenvalue weighted by Gasteiger charge is 2.23. The lowest BCUT2D eigenvalue weighted by Gasteiger charge is -2.32. The number of rotatable bonds is 5. The van der Waals surface area contributed by atoms with Crippen LogP contribution in [0.4, 0.5) is 10.2 Å². The van der Waals surface area contributed by atoms with Gasteiger partial charge in [-0.25, -0.2) is 22.5 Å². The van der Waals surface area contributed by atoms with Gasteiger partial charge in [-0.1, -0.05) is 0 Å². The lowest BCUT2D eigenvalue weighted by atomic mass is 9.97. The van der Waals surface area contributed by atoms with E-state index in [1.807, 2.05) is 0 Å². The standard InChI is InChI=1S/C17H21FN4O2S/c1-13-10-15(18)2-3-16(13)25(23,24)21-11-14-4-8-22(9-5-14)17-12-19-6-7-20-17/h2-3,6-7,10,12,14,21H,4-5,8-9,11H2,1H3. The van der Waals surface area contributed by atoms with Gasteiger partial charge in [0.05, 0.1) is 11.1 Å². The summed E-state index contributed by atoms with van der Waals surface area (Å²) in [6.07, 6.45) is 6.80. The second-order valence-corrected chi connectivity index (χ2v) is 7.99. The average Bonchev–Trinajstić information content (AvgIpc) is 2.61. The van der Waals surface area contributed by atoms with Crippen LogP contribution in [0, 0.1) is 18.7 Å². The molecular formula is C17H21FN4O2S. The van der Waals surface area contributed by atoms with E-state index in [0.717, 1.165) is 31.7 Å². The van der Waals surface area contributed by atoms with Crippen LogP contribution in [-0.4, -0.2) is 38.0 Å². The molecule has 1 aromatic carbocycles. The van der Waals surface area contributed by atoms with Gasteiger partial charge in [0.2, 0.25) is 10.0 Å². The Balaban J connectivity index is 1.56. The van der Waals surface area contributed by atoms with Crippen molar-refractivity contribution in [3.05, 3.63) is 48.2 Å². The fourth-order valence-corrected chi connectivity index (χ4v) is 4.38. The van der Waals surface area contributed by atoms with Crippen molar-refractivity contribution in [3.63, 3.8) is 0 Å². The number of hydrogen-bond donors (Lipinski definition) is 1. The van der Waals surface area contributed by atoms with Gasteiger partial charge < -0.3 is 4.90 Å². The summed E-state index contributed by atoms with van der Waals surface area (Å²) in [4.78, 5) is 10.6. The van der Waals surface area contributed by atoms with Crippen molar-refractivity contribution in [1.82, 2.24) is 14.7 Å². The molecule has 1 aliphatic heterocycles. The summed E-state index contributed by atoms with van der Waals surface area (Å²) in [7, 11) is -3.63. The Morgan fingerprint density at radius 1 is 1.28 bits per heavy atom. The topological polar surface area (TPSA) is 75.2 Å². The van der Waals surface area contributed by atoms with E-state index in [0.29, 0.717) is 12.1 Å². The molecule has 2 aromatic rings. The summed E-state index contributed by atoms with van der Waals surface area (Å²) in [5.74, 6) is 0.680. The fourth-order valence-electron chi connectivity index (χ4n) is 3.04. The molecule has 25 heavy (non-hydrogen) atoms. The minimum Gasteiger partial charge on any atom is -0.355 e. The molecule has 0 spiro atoms. The Labute approximate surface area is 147 Å². The van der Waals surface area contributed by atoms with Crippen molar-refractivity contribution in [2.24, 2.45) is 5.92 Å². The molecule has 0 radical (unpaired) electrons. The minimum absolute atomic E-state index is 0.130. The Hall–Kier alpha value is -2.06. The smallest absolute Gasteiger partial charge is 0.240 e. The van der Waals surface area contributed by atoms with Crippen LogP contribution in [0.15, 0.2) is 41.7 Å². The van der Waals surface area contributed by atoms with Crippen molar-refractivity contribution in [3.8, 4) is 0 Å². The van der Waals surface area contributed by atoms with Crippen LogP contribution in [0.2, 0.25) is 0 Å². The molecule has 0 unspecified atom stereocenters. The first kappa shape index (κ1) is 17.8. The maximum atomic E-state index is 13.2. The first-order valence-electron chi connectivity index (χ1n) is 8.22. The molecule has 0 amide bonds. The summed E-state index contributed by atoms with van der Waals surface area (Å²) >= 11 is 0. The van der Waals surface area contributed by atoms with Crippen molar-refractivity contribution in [2.75, 3.05) is 24.5 Å². The van der Waals surface area contributed by atoms with Gasteiger partial charge in [0, 0.05) is 32.0 Å². The van der Waals surface area contributed by atoms with Gasteiger partial charge in [-0.3, -0.25) is 4.98 Å². The molecule has 3 rings (SSSR count). The maximum absolute atomic E-state index is 13.2. The zero-order chi connectivity index (χ0) is 17.9. The highest BCUT2D eigenvalue weighted by Crippen LogP contribution is 2.22. The molecule has 1 N–H and O–H groups in total. The SMILES string of the molecule is Cc1cc(F)ccc1S(=O)(=O)NCC1CCN(c2cnccn2)CC1. The Kier molecular flexibility index (Phi) is 5.29. The van der Waals surface area contributed by atoms with Crippen LogP contribution in [0.3, 0.4) is 0 Å². The third kappa shape index (κ3) is 4.32. The fraction of sp³-hybridized carbons (Fsp3) is 0.412. The number of nitrogens with one attached hydrogen (secondary N) is 1. The molecule has 2 heterocycles. The average molecular weight is 364 g/mol. The van der Waals surface area contributed by atoms with E-state index < -0.39 is 15.8 Å². The number of benzene rings is 1. The summed E-state index contributed by atoms with van der Waals surface area (Å²) in [6, 6.07) is 3.71. The monoisotopic (exact) mass is 364 g/mol. The summed E-state index contributed by atoms with van der Waals surface area (Å²) in [5, 5.41) is 0. The van der Waals surface area contributed by atoms with Gasteiger partial charge in [0.25, 0.3) is 0 Å². The second kappa shape index (κ2) is 7.45. The van der Waals surface area contributed by atoms with Crippen LogP contribution in [0.1, 0.15) is 18.4 Å². The molecule has 1 aliphatic rings. The lowest BCUT2D eigenvalue weighted by Crippen LogP contribution is -2.39. The normalized spacial score (nSPS) is 16.2. The molecular weight excluding hydrogens is 343 g/mol. The van der Waals surface area contributed by atoms with E-state index in [1.54, 1.807) is 25.5 Å². The zero-order valence-electron chi connectivity index (χ0n) is 14.0. The molecule has 1 aromatic heterocycles. The summed E-state index contributed by atoms with van der Waals surface area (Å²) < 4.78 is 40.7. The first-order chi connectivity index (χ1) is 12.0. The summed E-state index contributed by atoms with van der Waals surface area (Å²) in [6.45, 7) is 3.62. The zero-order valence-corrected chi connectivity index (χ0v) is 14.8. The largest absolute Gasteiger partial charge is 0.355 e. The summed E-state index contributed by atoms with van der Waals surface area (Å²) in [5.41, 5.74) is 0.407. The Morgan fingerprint density at radius 3 is 2.68 bits per heavy atom. The Morgan fingerprint density at radius 2 is 2.04 bits per heavy atom. The number of piperidine rings is 1. The second-order valence-electron chi connectivity index (χ2n) is 6.26. The van der Waals surface area contributed by atoms with Crippen molar-refractivity contribution in [2.45, 2.75) is 24.7 Å². The molecule has 0 bridgehead atoms. The Bertz CT molecular complexity index is 822. The molecule has 134 valence electrons. The van der Waals surface area contributed by atoms with Crippen LogP contribution in [-0.2, 0) is 10.0 Å². The highest BCUT2D eigenvalue weighted by molar-refractivity contribution is 7.89. The molecule has 0 saturated carbocycles. The lowest BCUT2D eigenvalue weighted by molar-refractivity contribution is 0.400. The molecule has 0 atom stereocenters. The van der Waals surface area contributed by atoms with Gasteiger partial charge in [0.15, 0.2) is 0 Å². The van der Waals surface area contributed by atoms with E-state index in [4.69, 9.17) is 0 Å². The third-order valence-corrected chi connectivity index (χ3v) is 6.06. The van der Waals surface area contributed by atoms with E-state index in [9.17, 15) is 12.8 Å².